The second-order valence-corrected chi connectivity index (χ2v) is 7.99. The monoisotopic (exact) mass is 369 g/mol. The third kappa shape index (κ3) is 2.63. The molecule has 1 aliphatic carbocycles. The molecular formula is C16H15N7S2. The standard InChI is InChI=1S/C16H15N7S2/c17-13-12-9-4-1-2-5-10(9)25-14(12)20-11(19-13)8-24-16-21-15-18-6-3-7-23(15)22-16/h3,6-7H,1-2,4-5,8H2,(H2,17,19,20). The van der Waals surface area contributed by atoms with E-state index in [4.69, 9.17) is 10.7 Å². The molecule has 9 heteroatoms. The van der Waals surface area contributed by atoms with Crippen LogP contribution >= 0.6 is 23.1 Å². The fourth-order valence-electron chi connectivity index (χ4n) is 3.20. The summed E-state index contributed by atoms with van der Waals surface area (Å²) in [5.74, 6) is 2.50. The van der Waals surface area contributed by atoms with E-state index in [1.165, 1.54) is 35.0 Å². The van der Waals surface area contributed by atoms with Gasteiger partial charge in [-0.15, -0.1) is 16.4 Å². The molecule has 0 aliphatic heterocycles. The first-order valence-corrected chi connectivity index (χ1v) is 9.95. The summed E-state index contributed by atoms with van der Waals surface area (Å²) >= 11 is 3.26. The van der Waals surface area contributed by atoms with Crippen LogP contribution in [-0.2, 0) is 18.6 Å². The quantitative estimate of drug-likeness (QED) is 0.555. The first-order valence-electron chi connectivity index (χ1n) is 8.15. The molecule has 5 rings (SSSR count). The van der Waals surface area contributed by atoms with Gasteiger partial charge in [0.05, 0.1) is 11.1 Å². The van der Waals surface area contributed by atoms with Crippen molar-refractivity contribution < 1.29 is 0 Å². The summed E-state index contributed by atoms with van der Waals surface area (Å²) in [6.45, 7) is 0. The van der Waals surface area contributed by atoms with Crippen molar-refractivity contribution in [2.45, 2.75) is 36.6 Å². The average molecular weight is 369 g/mol. The molecule has 0 aromatic carbocycles. The van der Waals surface area contributed by atoms with E-state index in [2.05, 4.69) is 20.1 Å². The zero-order valence-electron chi connectivity index (χ0n) is 13.3. The highest BCUT2D eigenvalue weighted by Gasteiger charge is 2.20. The normalized spacial score (nSPS) is 14.2. The molecule has 0 radical (unpaired) electrons. The molecule has 0 unspecified atom stereocenters. The van der Waals surface area contributed by atoms with Crippen molar-refractivity contribution in [2.24, 2.45) is 0 Å². The maximum absolute atomic E-state index is 6.26. The minimum absolute atomic E-state index is 0.583. The smallest absolute Gasteiger partial charge is 0.253 e. The van der Waals surface area contributed by atoms with E-state index in [9.17, 15) is 0 Å². The third-order valence-corrected chi connectivity index (χ3v) is 6.34. The Labute approximate surface area is 151 Å². The molecule has 0 saturated heterocycles. The number of thiophene rings is 1. The van der Waals surface area contributed by atoms with E-state index in [0.717, 1.165) is 28.9 Å². The van der Waals surface area contributed by atoms with E-state index in [-0.39, 0.29) is 0 Å². The van der Waals surface area contributed by atoms with Crippen LogP contribution in [-0.4, -0.2) is 29.5 Å². The summed E-state index contributed by atoms with van der Waals surface area (Å²) in [7, 11) is 0. The number of thioether (sulfide) groups is 1. The van der Waals surface area contributed by atoms with Crippen LogP contribution in [0.3, 0.4) is 0 Å². The number of aryl methyl sites for hydroxylation is 2. The maximum atomic E-state index is 6.26. The van der Waals surface area contributed by atoms with E-state index < -0.39 is 0 Å². The van der Waals surface area contributed by atoms with Gasteiger partial charge in [0.15, 0.2) is 0 Å². The van der Waals surface area contributed by atoms with Gasteiger partial charge in [0.1, 0.15) is 16.5 Å². The molecule has 0 saturated carbocycles. The Morgan fingerprint density at radius 3 is 3.04 bits per heavy atom. The van der Waals surface area contributed by atoms with E-state index in [1.807, 2.05) is 12.3 Å². The SMILES string of the molecule is Nc1nc(CSc2nc3ncccn3n2)nc2sc3c(c12)CCCC3. The van der Waals surface area contributed by atoms with Crippen molar-refractivity contribution in [3.63, 3.8) is 0 Å². The van der Waals surface area contributed by atoms with Gasteiger partial charge in [-0.1, -0.05) is 11.8 Å². The minimum atomic E-state index is 0.583. The maximum Gasteiger partial charge on any atom is 0.253 e. The Kier molecular flexibility index (Phi) is 3.56. The van der Waals surface area contributed by atoms with Crippen molar-refractivity contribution in [3.8, 4) is 0 Å². The molecule has 4 aromatic rings. The van der Waals surface area contributed by atoms with Crippen molar-refractivity contribution in [1.82, 2.24) is 29.5 Å². The van der Waals surface area contributed by atoms with Crippen LogP contribution in [0.5, 0.6) is 0 Å². The van der Waals surface area contributed by atoms with Gasteiger partial charge in [-0.3, -0.25) is 0 Å². The number of hydrogen-bond acceptors (Lipinski definition) is 8. The number of hydrogen-bond donors (Lipinski definition) is 1. The van der Waals surface area contributed by atoms with Crippen LogP contribution < -0.4 is 5.73 Å². The number of fused-ring (bicyclic) bond motifs is 4. The zero-order valence-corrected chi connectivity index (χ0v) is 15.0. The summed E-state index contributed by atoms with van der Waals surface area (Å²) in [6, 6.07) is 1.83. The van der Waals surface area contributed by atoms with Gasteiger partial charge in [-0.25, -0.2) is 19.5 Å². The summed E-state index contributed by atoms with van der Waals surface area (Å²) < 4.78 is 1.66. The predicted octanol–water partition coefficient (Wildman–Crippen LogP) is 2.88. The first-order chi connectivity index (χ1) is 12.3. The number of aromatic nitrogens is 6. The van der Waals surface area contributed by atoms with Crippen molar-refractivity contribution in [2.75, 3.05) is 5.73 Å². The molecule has 0 spiro atoms. The molecule has 126 valence electrons. The molecular weight excluding hydrogens is 354 g/mol. The minimum Gasteiger partial charge on any atom is -0.383 e. The summed E-state index contributed by atoms with van der Waals surface area (Å²) in [5.41, 5.74) is 7.63. The van der Waals surface area contributed by atoms with Gasteiger partial charge in [0, 0.05) is 17.3 Å². The Bertz CT molecular complexity index is 1050. The van der Waals surface area contributed by atoms with E-state index in [0.29, 0.717) is 22.5 Å². The van der Waals surface area contributed by atoms with Crippen LogP contribution in [0.15, 0.2) is 23.6 Å². The van der Waals surface area contributed by atoms with Crippen LogP contribution in [0.4, 0.5) is 5.82 Å². The topological polar surface area (TPSA) is 94.9 Å². The molecule has 7 nitrogen and oxygen atoms in total. The predicted molar refractivity (Wildman–Crippen MR) is 98.8 cm³/mol. The van der Waals surface area contributed by atoms with Crippen molar-refractivity contribution in [3.05, 3.63) is 34.7 Å². The van der Waals surface area contributed by atoms with E-state index in [1.54, 1.807) is 22.0 Å². The Morgan fingerprint density at radius 2 is 2.12 bits per heavy atom. The molecule has 25 heavy (non-hydrogen) atoms. The van der Waals surface area contributed by atoms with Crippen molar-refractivity contribution in [1.29, 1.82) is 0 Å². The van der Waals surface area contributed by atoms with Gasteiger partial charge in [0.2, 0.25) is 5.16 Å². The van der Waals surface area contributed by atoms with Crippen LogP contribution in [0.25, 0.3) is 16.0 Å². The molecule has 0 bridgehead atoms. The lowest BCUT2D eigenvalue weighted by molar-refractivity contribution is 0.700. The van der Waals surface area contributed by atoms with Gasteiger partial charge >= 0.3 is 0 Å². The first kappa shape index (κ1) is 15.0. The highest BCUT2D eigenvalue weighted by molar-refractivity contribution is 7.98. The van der Waals surface area contributed by atoms with Gasteiger partial charge < -0.3 is 5.73 Å². The van der Waals surface area contributed by atoms with Gasteiger partial charge in [-0.2, -0.15) is 4.98 Å². The number of nitrogen functional groups attached to an aromatic ring is 1. The lowest BCUT2D eigenvalue weighted by atomic mass is 9.97. The molecule has 2 N–H and O–H groups in total. The fraction of sp³-hybridized carbons (Fsp3) is 0.312. The lowest BCUT2D eigenvalue weighted by Gasteiger charge is -2.10. The Balaban J connectivity index is 1.44. The molecule has 0 atom stereocenters. The Morgan fingerprint density at radius 1 is 1.20 bits per heavy atom. The summed E-state index contributed by atoms with van der Waals surface area (Å²) in [6.07, 6.45) is 8.24. The second-order valence-electron chi connectivity index (χ2n) is 5.96. The Hall–Kier alpha value is -2.26. The molecule has 4 aromatic heterocycles. The third-order valence-electron chi connectivity index (χ3n) is 4.32. The molecule has 4 heterocycles. The second kappa shape index (κ2) is 5.92. The summed E-state index contributed by atoms with van der Waals surface area (Å²) in [4.78, 5) is 20.3. The van der Waals surface area contributed by atoms with Gasteiger partial charge in [-0.05, 0) is 37.3 Å². The largest absolute Gasteiger partial charge is 0.383 e. The van der Waals surface area contributed by atoms with Crippen LogP contribution in [0.1, 0.15) is 29.1 Å². The van der Waals surface area contributed by atoms with Gasteiger partial charge in [0.25, 0.3) is 5.78 Å². The van der Waals surface area contributed by atoms with Crippen LogP contribution in [0, 0.1) is 0 Å². The zero-order chi connectivity index (χ0) is 16.8. The number of rotatable bonds is 3. The number of nitrogens with zero attached hydrogens (tertiary/aromatic N) is 6. The highest BCUT2D eigenvalue weighted by Crippen LogP contribution is 2.38. The average Bonchev–Trinajstić information content (AvgIpc) is 3.20. The molecule has 1 aliphatic rings. The van der Waals surface area contributed by atoms with E-state index >= 15 is 0 Å². The molecule has 0 amide bonds. The number of nitrogens with two attached hydrogens (primary N) is 1. The summed E-state index contributed by atoms with van der Waals surface area (Å²) in [5, 5.41) is 6.12. The highest BCUT2D eigenvalue weighted by atomic mass is 32.2. The number of anilines is 1. The van der Waals surface area contributed by atoms with Crippen molar-refractivity contribution >= 4 is 44.9 Å². The molecule has 0 fully saturated rings. The lowest BCUT2D eigenvalue weighted by Crippen LogP contribution is -2.02. The fourth-order valence-corrected chi connectivity index (χ4v) is 5.17. The van der Waals surface area contributed by atoms with Crippen LogP contribution in [0.2, 0.25) is 0 Å².